The number of nitrogens with zero attached hydrogens (tertiary/aromatic N) is 1. The topological polar surface area (TPSA) is 95.7 Å². The molecular formula is C16H17NO6S. The van der Waals surface area contributed by atoms with Gasteiger partial charge in [-0.2, -0.15) is 8.42 Å². The SMILES string of the molecule is COc1ccc(CCCOS(=O)(=O)c2ccccc2[N+](=O)[O-])cc1. The van der Waals surface area contributed by atoms with Crippen LogP contribution in [0.3, 0.4) is 0 Å². The van der Waals surface area contributed by atoms with Crippen molar-refractivity contribution in [3.8, 4) is 5.75 Å². The van der Waals surface area contributed by atoms with Gasteiger partial charge in [0.05, 0.1) is 18.6 Å². The third-order valence-electron chi connectivity index (χ3n) is 3.34. The van der Waals surface area contributed by atoms with E-state index in [9.17, 15) is 18.5 Å². The Hall–Kier alpha value is -2.45. The van der Waals surface area contributed by atoms with Gasteiger partial charge in [0, 0.05) is 6.07 Å². The number of aryl methyl sites for hydroxylation is 1. The summed E-state index contributed by atoms with van der Waals surface area (Å²) in [6, 6.07) is 12.5. The van der Waals surface area contributed by atoms with Crippen molar-refractivity contribution in [2.75, 3.05) is 13.7 Å². The fourth-order valence-corrected chi connectivity index (χ4v) is 3.23. The molecule has 0 aliphatic rings. The minimum atomic E-state index is -4.16. The summed E-state index contributed by atoms with van der Waals surface area (Å²) in [5.74, 6) is 0.744. The maximum atomic E-state index is 12.1. The molecule has 0 spiro atoms. The van der Waals surface area contributed by atoms with Crippen LogP contribution in [0.2, 0.25) is 0 Å². The van der Waals surface area contributed by atoms with Crippen LogP contribution in [0.5, 0.6) is 5.75 Å². The van der Waals surface area contributed by atoms with E-state index in [-0.39, 0.29) is 6.61 Å². The van der Waals surface area contributed by atoms with Gasteiger partial charge in [0.2, 0.25) is 0 Å². The highest BCUT2D eigenvalue weighted by molar-refractivity contribution is 7.87. The highest BCUT2D eigenvalue weighted by Gasteiger charge is 2.25. The smallest absolute Gasteiger partial charge is 0.303 e. The van der Waals surface area contributed by atoms with E-state index < -0.39 is 25.6 Å². The molecule has 8 heteroatoms. The van der Waals surface area contributed by atoms with E-state index in [4.69, 9.17) is 8.92 Å². The number of nitro groups is 1. The summed E-state index contributed by atoms with van der Waals surface area (Å²) in [7, 11) is -2.58. The van der Waals surface area contributed by atoms with Crippen LogP contribution in [-0.4, -0.2) is 27.1 Å². The first-order chi connectivity index (χ1) is 11.4. The molecule has 0 unspecified atom stereocenters. The highest BCUT2D eigenvalue weighted by atomic mass is 32.2. The molecule has 0 aromatic heterocycles. The van der Waals surface area contributed by atoms with Crippen molar-refractivity contribution in [2.24, 2.45) is 0 Å². The maximum Gasteiger partial charge on any atom is 0.303 e. The monoisotopic (exact) mass is 351 g/mol. The molecule has 128 valence electrons. The molecule has 0 aliphatic carbocycles. The summed E-state index contributed by atoms with van der Waals surface area (Å²) < 4.78 is 34.2. The standard InChI is InChI=1S/C16H17NO6S/c1-22-14-10-8-13(9-11-14)5-4-12-23-24(20,21)16-7-3-2-6-15(16)17(18)19/h2-3,6-11H,4-5,12H2,1H3. The molecule has 0 radical (unpaired) electrons. The van der Waals surface area contributed by atoms with Crippen molar-refractivity contribution in [1.82, 2.24) is 0 Å². The Morgan fingerprint density at radius 2 is 1.75 bits per heavy atom. The Morgan fingerprint density at radius 3 is 2.38 bits per heavy atom. The lowest BCUT2D eigenvalue weighted by Crippen LogP contribution is -2.10. The zero-order valence-electron chi connectivity index (χ0n) is 13.0. The van der Waals surface area contributed by atoms with E-state index in [0.717, 1.165) is 23.4 Å². The predicted molar refractivity (Wildman–Crippen MR) is 87.5 cm³/mol. The van der Waals surface area contributed by atoms with Crippen LogP contribution in [0.25, 0.3) is 0 Å². The van der Waals surface area contributed by atoms with Gasteiger partial charge < -0.3 is 4.74 Å². The number of benzene rings is 2. The quantitative estimate of drug-likeness (QED) is 0.314. The normalized spacial score (nSPS) is 11.2. The van der Waals surface area contributed by atoms with E-state index in [1.165, 1.54) is 12.1 Å². The molecule has 0 fully saturated rings. The zero-order chi connectivity index (χ0) is 17.6. The summed E-state index contributed by atoms with van der Waals surface area (Å²) in [6.07, 6.45) is 1.09. The van der Waals surface area contributed by atoms with Crippen molar-refractivity contribution < 1.29 is 22.3 Å². The largest absolute Gasteiger partial charge is 0.497 e. The fourth-order valence-electron chi connectivity index (χ4n) is 2.12. The molecule has 7 nitrogen and oxygen atoms in total. The summed E-state index contributed by atoms with van der Waals surface area (Å²) in [4.78, 5) is 9.74. The first kappa shape index (κ1) is 17.9. The van der Waals surface area contributed by atoms with Crippen molar-refractivity contribution in [3.63, 3.8) is 0 Å². The van der Waals surface area contributed by atoms with Crippen LogP contribution in [0.15, 0.2) is 53.4 Å². The number of nitro benzene ring substituents is 1. The number of hydrogen-bond acceptors (Lipinski definition) is 6. The van der Waals surface area contributed by atoms with E-state index >= 15 is 0 Å². The molecular weight excluding hydrogens is 334 g/mol. The number of hydrogen-bond donors (Lipinski definition) is 0. The van der Waals surface area contributed by atoms with E-state index in [2.05, 4.69) is 0 Å². The maximum absolute atomic E-state index is 12.1. The molecule has 0 saturated carbocycles. The summed E-state index contributed by atoms with van der Waals surface area (Å²) in [5, 5.41) is 10.9. The van der Waals surface area contributed by atoms with Crippen molar-refractivity contribution >= 4 is 15.8 Å². The Labute approximate surface area is 140 Å². The molecule has 0 heterocycles. The first-order valence-corrected chi connectivity index (χ1v) is 8.60. The van der Waals surface area contributed by atoms with Crippen LogP contribution in [-0.2, 0) is 20.7 Å². The molecule has 0 saturated heterocycles. The number of ether oxygens (including phenoxy) is 1. The van der Waals surface area contributed by atoms with Crippen LogP contribution in [0.4, 0.5) is 5.69 Å². The second-order valence-electron chi connectivity index (χ2n) is 4.95. The molecule has 2 aromatic carbocycles. The molecule has 0 N–H and O–H groups in total. The van der Waals surface area contributed by atoms with Gasteiger partial charge in [0.25, 0.3) is 5.69 Å². The molecule has 2 aromatic rings. The third-order valence-corrected chi connectivity index (χ3v) is 4.70. The van der Waals surface area contributed by atoms with E-state index in [0.29, 0.717) is 12.8 Å². The van der Waals surface area contributed by atoms with Gasteiger partial charge in [-0.05, 0) is 36.6 Å². The van der Waals surface area contributed by atoms with Gasteiger partial charge in [-0.25, -0.2) is 0 Å². The van der Waals surface area contributed by atoms with Crippen LogP contribution in [0.1, 0.15) is 12.0 Å². The van der Waals surface area contributed by atoms with Gasteiger partial charge in [0.15, 0.2) is 4.90 Å². The first-order valence-electron chi connectivity index (χ1n) is 7.20. The number of methoxy groups -OCH3 is 1. The van der Waals surface area contributed by atoms with E-state index in [1.54, 1.807) is 7.11 Å². The second-order valence-corrected chi connectivity index (χ2v) is 6.54. The minimum Gasteiger partial charge on any atom is -0.497 e. The Bertz CT molecular complexity index is 802. The highest BCUT2D eigenvalue weighted by Crippen LogP contribution is 2.24. The summed E-state index contributed by atoms with van der Waals surface area (Å²) in [5.41, 5.74) is 0.523. The Kier molecular flexibility index (Phi) is 5.88. The van der Waals surface area contributed by atoms with Crippen LogP contribution >= 0.6 is 0 Å². The van der Waals surface area contributed by atoms with Crippen LogP contribution in [0, 0.1) is 10.1 Å². The van der Waals surface area contributed by atoms with Crippen LogP contribution < -0.4 is 4.74 Å². The van der Waals surface area contributed by atoms with Crippen molar-refractivity contribution in [3.05, 3.63) is 64.2 Å². The van der Waals surface area contributed by atoms with Gasteiger partial charge in [-0.3, -0.25) is 14.3 Å². The van der Waals surface area contributed by atoms with E-state index in [1.807, 2.05) is 24.3 Å². The molecule has 0 atom stereocenters. The predicted octanol–water partition coefficient (Wildman–Crippen LogP) is 2.94. The molecule has 24 heavy (non-hydrogen) atoms. The third kappa shape index (κ3) is 4.53. The Balaban J connectivity index is 1.94. The summed E-state index contributed by atoms with van der Waals surface area (Å²) >= 11 is 0. The lowest BCUT2D eigenvalue weighted by molar-refractivity contribution is -0.387. The molecule has 2 rings (SSSR count). The second kappa shape index (κ2) is 7.89. The lowest BCUT2D eigenvalue weighted by Gasteiger charge is -2.07. The Morgan fingerprint density at radius 1 is 1.08 bits per heavy atom. The van der Waals surface area contributed by atoms with Gasteiger partial charge in [-0.1, -0.05) is 24.3 Å². The van der Waals surface area contributed by atoms with Gasteiger partial charge >= 0.3 is 10.1 Å². The number of rotatable bonds is 8. The number of para-hydroxylation sites is 1. The van der Waals surface area contributed by atoms with Crippen molar-refractivity contribution in [2.45, 2.75) is 17.7 Å². The van der Waals surface area contributed by atoms with Gasteiger partial charge in [0.1, 0.15) is 5.75 Å². The molecule has 0 amide bonds. The van der Waals surface area contributed by atoms with Crippen molar-refractivity contribution in [1.29, 1.82) is 0 Å². The minimum absolute atomic E-state index is 0.0551. The van der Waals surface area contributed by atoms with Gasteiger partial charge in [-0.15, -0.1) is 0 Å². The fraction of sp³-hybridized carbons (Fsp3) is 0.250. The molecule has 0 bridgehead atoms. The zero-order valence-corrected chi connectivity index (χ0v) is 13.9. The average molecular weight is 351 g/mol. The molecule has 0 aliphatic heterocycles. The summed E-state index contributed by atoms with van der Waals surface area (Å²) in [6.45, 7) is -0.0551. The average Bonchev–Trinajstić information content (AvgIpc) is 2.59. The lowest BCUT2D eigenvalue weighted by atomic mass is 10.1.